The van der Waals surface area contributed by atoms with E-state index >= 15 is 0 Å². The Morgan fingerprint density at radius 3 is 2.70 bits per heavy atom. The lowest BCUT2D eigenvalue weighted by molar-refractivity contribution is 0.368. The van der Waals surface area contributed by atoms with Crippen LogP contribution in [0.25, 0.3) is 0 Å². The number of halogens is 1. The molecule has 1 aliphatic rings. The Hall–Kier alpha value is -1.14. The van der Waals surface area contributed by atoms with Crippen molar-refractivity contribution in [2.45, 2.75) is 44.0 Å². The summed E-state index contributed by atoms with van der Waals surface area (Å²) in [5, 5.41) is 0. The fraction of sp³-hybridized carbons (Fsp3) is 0.571. The van der Waals surface area contributed by atoms with Gasteiger partial charge in [0.1, 0.15) is 10.7 Å². The fourth-order valence-corrected chi connectivity index (χ4v) is 4.45. The zero-order chi connectivity index (χ0) is 14.9. The Kier molecular flexibility index (Phi) is 4.34. The van der Waals surface area contributed by atoms with Crippen molar-refractivity contribution >= 4 is 15.7 Å². The van der Waals surface area contributed by atoms with E-state index in [-0.39, 0.29) is 22.5 Å². The van der Waals surface area contributed by atoms with Gasteiger partial charge in [0.25, 0.3) is 0 Å². The number of hydrogen-bond acceptors (Lipinski definition) is 3. The Balaban J connectivity index is 2.22. The summed E-state index contributed by atoms with van der Waals surface area (Å²) < 4.78 is 40.9. The third kappa shape index (κ3) is 2.96. The average Bonchev–Trinajstić information content (AvgIpc) is 2.73. The number of nitrogens with two attached hydrogens (primary N) is 1. The van der Waals surface area contributed by atoms with Crippen LogP contribution in [0.3, 0.4) is 0 Å². The summed E-state index contributed by atoms with van der Waals surface area (Å²) >= 11 is 0. The number of nitrogens with one attached hydrogen (secondary N) is 1. The maximum Gasteiger partial charge on any atom is 0.243 e. The van der Waals surface area contributed by atoms with Crippen LogP contribution >= 0.6 is 0 Å². The van der Waals surface area contributed by atoms with Gasteiger partial charge in [-0.2, -0.15) is 0 Å². The quantitative estimate of drug-likeness (QED) is 0.839. The zero-order valence-electron chi connectivity index (χ0n) is 11.8. The van der Waals surface area contributed by atoms with Gasteiger partial charge in [0.05, 0.1) is 0 Å². The smallest absolute Gasteiger partial charge is 0.243 e. The molecule has 112 valence electrons. The molecule has 0 aromatic heterocycles. The molecular formula is C14H21FN2O2S. The second kappa shape index (κ2) is 5.69. The number of anilines is 1. The van der Waals surface area contributed by atoms with Crippen LogP contribution in [0.2, 0.25) is 0 Å². The van der Waals surface area contributed by atoms with Crippen LogP contribution in [-0.4, -0.2) is 14.5 Å². The first-order chi connectivity index (χ1) is 9.35. The van der Waals surface area contributed by atoms with Crippen LogP contribution in [-0.2, 0) is 10.0 Å². The molecule has 3 atom stereocenters. The van der Waals surface area contributed by atoms with E-state index in [1.165, 1.54) is 6.07 Å². The number of nitrogen functional groups attached to an aromatic ring is 1. The molecule has 0 bridgehead atoms. The molecule has 6 heteroatoms. The van der Waals surface area contributed by atoms with Crippen molar-refractivity contribution in [1.82, 2.24) is 4.72 Å². The fourth-order valence-electron chi connectivity index (χ4n) is 2.98. The van der Waals surface area contributed by atoms with Crippen molar-refractivity contribution in [3.8, 4) is 0 Å². The molecule has 1 aromatic carbocycles. The summed E-state index contributed by atoms with van der Waals surface area (Å²) in [7, 11) is -3.87. The second-order valence-electron chi connectivity index (χ2n) is 5.52. The Morgan fingerprint density at radius 1 is 1.40 bits per heavy atom. The minimum absolute atomic E-state index is 0.134. The second-order valence-corrected chi connectivity index (χ2v) is 7.20. The number of sulfonamides is 1. The molecule has 20 heavy (non-hydrogen) atoms. The molecule has 4 nitrogen and oxygen atoms in total. The highest BCUT2D eigenvalue weighted by molar-refractivity contribution is 7.89. The summed E-state index contributed by atoms with van der Waals surface area (Å²) in [5.74, 6) is 0.0108. The van der Waals surface area contributed by atoms with Gasteiger partial charge in [0.2, 0.25) is 10.0 Å². The first-order valence-electron chi connectivity index (χ1n) is 6.92. The zero-order valence-corrected chi connectivity index (χ0v) is 12.6. The van der Waals surface area contributed by atoms with Crippen molar-refractivity contribution in [3.63, 3.8) is 0 Å². The normalized spacial score (nSPS) is 26.9. The van der Waals surface area contributed by atoms with Crippen molar-refractivity contribution in [3.05, 3.63) is 24.0 Å². The van der Waals surface area contributed by atoms with Crippen LogP contribution in [0.4, 0.5) is 10.1 Å². The number of benzene rings is 1. The highest BCUT2D eigenvalue weighted by atomic mass is 32.2. The molecule has 0 aliphatic heterocycles. The van der Waals surface area contributed by atoms with Crippen LogP contribution in [0.1, 0.15) is 33.1 Å². The highest BCUT2D eigenvalue weighted by Gasteiger charge is 2.35. The van der Waals surface area contributed by atoms with Gasteiger partial charge < -0.3 is 5.73 Å². The molecule has 0 spiro atoms. The van der Waals surface area contributed by atoms with Crippen molar-refractivity contribution < 1.29 is 12.8 Å². The SMILES string of the molecule is CCC1CCC(NS(=O)(=O)c2cc(N)ccc2F)C1C. The molecule has 3 unspecified atom stereocenters. The lowest BCUT2D eigenvalue weighted by Gasteiger charge is -2.21. The molecule has 0 heterocycles. The molecule has 3 N–H and O–H groups in total. The van der Waals surface area contributed by atoms with Crippen LogP contribution in [0.5, 0.6) is 0 Å². The predicted molar refractivity (Wildman–Crippen MR) is 77.1 cm³/mol. The summed E-state index contributed by atoms with van der Waals surface area (Å²) in [6, 6.07) is 3.45. The monoisotopic (exact) mass is 300 g/mol. The topological polar surface area (TPSA) is 72.2 Å². The Bertz CT molecular complexity index is 589. The first-order valence-corrected chi connectivity index (χ1v) is 8.40. The third-order valence-electron chi connectivity index (χ3n) is 4.30. The van der Waals surface area contributed by atoms with E-state index in [1.807, 2.05) is 6.92 Å². The molecule has 1 aliphatic carbocycles. The summed E-state index contributed by atoms with van der Waals surface area (Å²) in [4.78, 5) is -0.371. The summed E-state index contributed by atoms with van der Waals surface area (Å²) in [6.45, 7) is 4.15. The minimum Gasteiger partial charge on any atom is -0.399 e. The standard InChI is InChI=1S/C14H21FN2O2S/c1-3-10-4-7-13(9(10)2)17-20(18,19)14-8-11(16)5-6-12(14)15/h5-6,8-10,13,17H,3-4,7,16H2,1-2H3. The molecule has 1 aromatic rings. The molecule has 1 fully saturated rings. The number of rotatable bonds is 4. The summed E-state index contributed by atoms with van der Waals surface area (Å²) in [6.07, 6.45) is 2.83. The lowest BCUT2D eigenvalue weighted by Crippen LogP contribution is -2.37. The van der Waals surface area contributed by atoms with Gasteiger partial charge in [-0.1, -0.05) is 20.3 Å². The van der Waals surface area contributed by atoms with Gasteiger partial charge in [0, 0.05) is 11.7 Å². The van der Waals surface area contributed by atoms with Crippen LogP contribution < -0.4 is 10.5 Å². The third-order valence-corrected chi connectivity index (χ3v) is 5.81. The summed E-state index contributed by atoms with van der Waals surface area (Å²) in [5.41, 5.74) is 5.78. The molecule has 1 saturated carbocycles. The molecular weight excluding hydrogens is 279 g/mol. The van der Waals surface area contributed by atoms with E-state index < -0.39 is 15.8 Å². The van der Waals surface area contributed by atoms with Gasteiger partial charge in [0.15, 0.2) is 0 Å². The van der Waals surface area contributed by atoms with E-state index in [0.717, 1.165) is 31.4 Å². The molecule has 0 radical (unpaired) electrons. The van der Waals surface area contributed by atoms with Gasteiger partial charge in [-0.25, -0.2) is 17.5 Å². The number of hydrogen-bond donors (Lipinski definition) is 2. The maximum atomic E-state index is 13.7. The average molecular weight is 300 g/mol. The maximum absolute atomic E-state index is 13.7. The van der Waals surface area contributed by atoms with Crippen LogP contribution in [0, 0.1) is 17.7 Å². The van der Waals surface area contributed by atoms with Gasteiger partial charge >= 0.3 is 0 Å². The first kappa shape index (κ1) is 15.3. The van der Waals surface area contributed by atoms with E-state index in [2.05, 4.69) is 11.6 Å². The molecule has 0 amide bonds. The van der Waals surface area contributed by atoms with E-state index in [9.17, 15) is 12.8 Å². The molecule has 0 saturated heterocycles. The Labute approximate surface area is 119 Å². The lowest BCUT2D eigenvalue weighted by atomic mass is 9.94. The Morgan fingerprint density at radius 2 is 2.10 bits per heavy atom. The van der Waals surface area contributed by atoms with Gasteiger partial charge in [-0.05, 0) is 42.9 Å². The van der Waals surface area contributed by atoms with Crippen LogP contribution in [0.15, 0.2) is 23.1 Å². The van der Waals surface area contributed by atoms with E-state index in [0.29, 0.717) is 5.92 Å². The highest BCUT2D eigenvalue weighted by Crippen LogP contribution is 2.34. The van der Waals surface area contributed by atoms with Crippen molar-refractivity contribution in [2.75, 3.05) is 5.73 Å². The predicted octanol–water partition coefficient (Wildman–Crippen LogP) is 2.51. The van der Waals surface area contributed by atoms with E-state index in [4.69, 9.17) is 5.73 Å². The largest absolute Gasteiger partial charge is 0.399 e. The van der Waals surface area contributed by atoms with E-state index in [1.54, 1.807) is 0 Å². The minimum atomic E-state index is -3.87. The van der Waals surface area contributed by atoms with Crippen molar-refractivity contribution in [2.24, 2.45) is 11.8 Å². The van der Waals surface area contributed by atoms with Gasteiger partial charge in [-0.3, -0.25) is 0 Å². The van der Waals surface area contributed by atoms with Gasteiger partial charge in [-0.15, -0.1) is 0 Å². The molecule has 2 rings (SSSR count). The van der Waals surface area contributed by atoms with Crippen molar-refractivity contribution in [1.29, 1.82) is 0 Å².